The molecule has 1 aromatic rings. The molecule has 1 aromatic heterocycles. The first kappa shape index (κ1) is 11.3. The Kier molecular flexibility index (Phi) is 3.36. The highest BCUT2D eigenvalue weighted by molar-refractivity contribution is 7.80. The van der Waals surface area contributed by atoms with Crippen molar-refractivity contribution in [3.63, 3.8) is 0 Å². The van der Waals surface area contributed by atoms with E-state index in [1.54, 1.807) is 0 Å². The van der Waals surface area contributed by atoms with E-state index in [0.29, 0.717) is 16.7 Å². The van der Waals surface area contributed by atoms with Gasteiger partial charge in [0.15, 0.2) is 0 Å². The molecular formula is C11H15N3OS. The van der Waals surface area contributed by atoms with Gasteiger partial charge in [-0.25, -0.2) is 4.98 Å². The highest BCUT2D eigenvalue weighted by Gasteiger charge is 2.20. The fourth-order valence-electron chi connectivity index (χ4n) is 1.79. The number of aromatic nitrogens is 1. The van der Waals surface area contributed by atoms with E-state index in [1.165, 1.54) is 0 Å². The van der Waals surface area contributed by atoms with E-state index < -0.39 is 0 Å². The maximum absolute atomic E-state index is 5.57. The molecule has 1 fully saturated rings. The first-order valence-corrected chi connectivity index (χ1v) is 5.70. The molecule has 0 aromatic carbocycles. The molecule has 0 radical (unpaired) electrons. The Hall–Kier alpha value is -1.20. The van der Waals surface area contributed by atoms with Crippen LogP contribution in [0.3, 0.4) is 0 Å². The van der Waals surface area contributed by atoms with E-state index in [1.807, 2.05) is 18.2 Å². The number of rotatable bonds is 2. The zero-order valence-electron chi connectivity index (χ0n) is 9.22. The second-order valence-corrected chi connectivity index (χ2v) is 4.30. The van der Waals surface area contributed by atoms with Crippen molar-refractivity contribution < 1.29 is 4.74 Å². The summed E-state index contributed by atoms with van der Waals surface area (Å²) in [6.45, 7) is 4.45. The standard InChI is InChI=1S/C11H15N3OS/c1-8-7-15-6-5-14(8)10-4-2-3-9(13-10)11(12)16/h2-4,8H,5-7H2,1H3,(H2,12,16). The van der Waals surface area contributed by atoms with Crippen molar-refractivity contribution >= 4 is 23.0 Å². The van der Waals surface area contributed by atoms with Crippen LogP contribution in [0, 0.1) is 0 Å². The summed E-state index contributed by atoms with van der Waals surface area (Å²) >= 11 is 4.92. The van der Waals surface area contributed by atoms with Gasteiger partial charge in [0.2, 0.25) is 0 Å². The maximum atomic E-state index is 5.57. The third-order valence-corrected chi connectivity index (χ3v) is 2.86. The Balaban J connectivity index is 2.25. The predicted molar refractivity (Wildman–Crippen MR) is 67.8 cm³/mol. The number of nitrogens with zero attached hydrogens (tertiary/aromatic N) is 2. The van der Waals surface area contributed by atoms with Crippen molar-refractivity contribution in [1.82, 2.24) is 4.98 Å². The molecular weight excluding hydrogens is 222 g/mol. The lowest BCUT2D eigenvalue weighted by Crippen LogP contribution is -2.44. The highest BCUT2D eigenvalue weighted by Crippen LogP contribution is 2.17. The molecule has 1 unspecified atom stereocenters. The molecule has 5 heteroatoms. The van der Waals surface area contributed by atoms with Crippen LogP contribution in [0.4, 0.5) is 5.82 Å². The Morgan fingerprint density at radius 2 is 2.44 bits per heavy atom. The summed E-state index contributed by atoms with van der Waals surface area (Å²) in [5.41, 5.74) is 6.24. The molecule has 0 amide bonds. The predicted octanol–water partition coefficient (Wildman–Crippen LogP) is 0.941. The summed E-state index contributed by atoms with van der Waals surface area (Å²) < 4.78 is 5.39. The van der Waals surface area contributed by atoms with E-state index in [9.17, 15) is 0 Å². The smallest absolute Gasteiger partial charge is 0.129 e. The largest absolute Gasteiger partial charge is 0.388 e. The second kappa shape index (κ2) is 4.76. The number of pyridine rings is 1. The van der Waals surface area contributed by atoms with E-state index in [0.717, 1.165) is 25.6 Å². The molecule has 1 aliphatic rings. The highest BCUT2D eigenvalue weighted by atomic mass is 32.1. The monoisotopic (exact) mass is 237 g/mol. The Morgan fingerprint density at radius 3 is 3.12 bits per heavy atom. The molecule has 1 saturated heterocycles. The van der Waals surface area contributed by atoms with Crippen LogP contribution >= 0.6 is 12.2 Å². The van der Waals surface area contributed by atoms with Crippen molar-refractivity contribution in [2.45, 2.75) is 13.0 Å². The van der Waals surface area contributed by atoms with Gasteiger partial charge >= 0.3 is 0 Å². The molecule has 2 heterocycles. The molecule has 0 bridgehead atoms. The minimum Gasteiger partial charge on any atom is -0.388 e. The number of hydrogen-bond acceptors (Lipinski definition) is 4. The molecule has 1 aliphatic heterocycles. The fraction of sp³-hybridized carbons (Fsp3) is 0.455. The first-order chi connectivity index (χ1) is 7.68. The molecule has 0 aliphatic carbocycles. The third-order valence-electron chi connectivity index (χ3n) is 2.65. The maximum Gasteiger partial charge on any atom is 0.129 e. The molecule has 1 atom stereocenters. The number of thiocarbonyl (C=S) groups is 1. The van der Waals surface area contributed by atoms with Gasteiger partial charge in [-0.2, -0.15) is 0 Å². The molecule has 4 nitrogen and oxygen atoms in total. The number of nitrogens with two attached hydrogens (primary N) is 1. The van der Waals surface area contributed by atoms with Crippen LogP contribution in [0.15, 0.2) is 18.2 Å². The Labute approximate surface area is 100 Å². The van der Waals surface area contributed by atoms with E-state index in [4.69, 9.17) is 22.7 Å². The Morgan fingerprint density at radius 1 is 1.62 bits per heavy atom. The van der Waals surface area contributed by atoms with Crippen molar-refractivity contribution in [2.75, 3.05) is 24.7 Å². The van der Waals surface area contributed by atoms with Crippen LogP contribution in [0.1, 0.15) is 12.6 Å². The summed E-state index contributed by atoms with van der Waals surface area (Å²) in [4.78, 5) is 7.00. The lowest BCUT2D eigenvalue weighted by Gasteiger charge is -2.34. The van der Waals surface area contributed by atoms with Crippen LogP contribution in [-0.2, 0) is 4.74 Å². The van der Waals surface area contributed by atoms with Crippen molar-refractivity contribution in [1.29, 1.82) is 0 Å². The van der Waals surface area contributed by atoms with Gasteiger partial charge in [-0.1, -0.05) is 18.3 Å². The van der Waals surface area contributed by atoms with Gasteiger partial charge in [-0.05, 0) is 19.1 Å². The summed E-state index contributed by atoms with van der Waals surface area (Å²) in [6, 6.07) is 6.07. The average molecular weight is 237 g/mol. The second-order valence-electron chi connectivity index (χ2n) is 3.86. The minimum atomic E-state index is 0.336. The van der Waals surface area contributed by atoms with Gasteiger partial charge in [0.05, 0.1) is 24.9 Å². The van der Waals surface area contributed by atoms with Crippen molar-refractivity contribution in [3.8, 4) is 0 Å². The number of hydrogen-bond donors (Lipinski definition) is 1. The van der Waals surface area contributed by atoms with Gasteiger partial charge in [0.25, 0.3) is 0 Å². The normalized spacial score (nSPS) is 20.8. The first-order valence-electron chi connectivity index (χ1n) is 5.30. The summed E-state index contributed by atoms with van der Waals surface area (Å²) in [5, 5.41) is 0. The minimum absolute atomic E-state index is 0.336. The quantitative estimate of drug-likeness (QED) is 0.776. The number of anilines is 1. The average Bonchev–Trinajstić information content (AvgIpc) is 2.30. The van der Waals surface area contributed by atoms with Crippen molar-refractivity contribution in [3.05, 3.63) is 23.9 Å². The topological polar surface area (TPSA) is 51.4 Å². The van der Waals surface area contributed by atoms with Gasteiger partial charge in [-0.3, -0.25) is 0 Å². The van der Waals surface area contributed by atoms with Gasteiger partial charge in [-0.15, -0.1) is 0 Å². The Bertz CT molecular complexity index is 397. The van der Waals surface area contributed by atoms with Crippen LogP contribution in [0.2, 0.25) is 0 Å². The lowest BCUT2D eigenvalue weighted by molar-refractivity contribution is 0.0985. The number of ether oxygens (including phenoxy) is 1. The zero-order valence-corrected chi connectivity index (χ0v) is 10.0. The summed E-state index contributed by atoms with van der Waals surface area (Å²) in [6.07, 6.45) is 0. The van der Waals surface area contributed by atoms with E-state index in [-0.39, 0.29) is 0 Å². The van der Waals surface area contributed by atoms with Gasteiger partial charge in [0.1, 0.15) is 10.8 Å². The summed E-state index contributed by atoms with van der Waals surface area (Å²) in [5.74, 6) is 0.918. The van der Waals surface area contributed by atoms with Crippen LogP contribution in [0.25, 0.3) is 0 Å². The fourth-order valence-corrected chi connectivity index (χ4v) is 1.90. The van der Waals surface area contributed by atoms with Crippen LogP contribution in [0.5, 0.6) is 0 Å². The SMILES string of the molecule is CC1COCCN1c1cccc(C(N)=S)n1. The van der Waals surface area contributed by atoms with Crippen molar-refractivity contribution in [2.24, 2.45) is 5.73 Å². The molecule has 86 valence electrons. The molecule has 0 spiro atoms. The van der Waals surface area contributed by atoms with Crippen LogP contribution < -0.4 is 10.6 Å². The third kappa shape index (κ3) is 2.31. The molecule has 2 N–H and O–H groups in total. The van der Waals surface area contributed by atoms with Gasteiger partial charge in [0, 0.05) is 6.54 Å². The van der Waals surface area contributed by atoms with E-state index >= 15 is 0 Å². The van der Waals surface area contributed by atoms with Gasteiger partial charge < -0.3 is 15.4 Å². The molecule has 0 saturated carbocycles. The zero-order chi connectivity index (χ0) is 11.5. The summed E-state index contributed by atoms with van der Waals surface area (Å²) in [7, 11) is 0. The molecule has 16 heavy (non-hydrogen) atoms. The number of morpholine rings is 1. The van der Waals surface area contributed by atoms with Crippen LogP contribution in [-0.4, -0.2) is 35.8 Å². The van der Waals surface area contributed by atoms with E-state index in [2.05, 4.69) is 16.8 Å². The molecule has 2 rings (SSSR count). The lowest BCUT2D eigenvalue weighted by atomic mass is 10.2.